The minimum atomic E-state index is -0.159. The van der Waals surface area contributed by atoms with Crippen molar-refractivity contribution < 1.29 is 4.74 Å². The van der Waals surface area contributed by atoms with Gasteiger partial charge in [-0.2, -0.15) is 9.61 Å². The molecule has 0 aliphatic rings. The molecule has 0 aliphatic carbocycles. The molecule has 0 bridgehead atoms. The van der Waals surface area contributed by atoms with Crippen molar-refractivity contribution >= 4 is 22.4 Å². The van der Waals surface area contributed by atoms with Crippen molar-refractivity contribution in [2.75, 3.05) is 12.4 Å². The zero-order chi connectivity index (χ0) is 20.5. The van der Waals surface area contributed by atoms with E-state index < -0.39 is 0 Å². The third-order valence-electron chi connectivity index (χ3n) is 4.90. The molecule has 1 aromatic carbocycles. The molecule has 8 nitrogen and oxygen atoms in total. The molecule has 4 heterocycles. The zero-order valence-electron chi connectivity index (χ0n) is 16.5. The second-order valence-electron chi connectivity index (χ2n) is 6.88. The van der Waals surface area contributed by atoms with Gasteiger partial charge in [0.25, 0.3) is 0 Å². The maximum Gasteiger partial charge on any atom is 0.178 e. The smallest absolute Gasteiger partial charge is 0.178 e. The van der Waals surface area contributed by atoms with Crippen molar-refractivity contribution in [2.24, 2.45) is 0 Å². The van der Waals surface area contributed by atoms with Gasteiger partial charge in [0.05, 0.1) is 36.2 Å². The Balaban J connectivity index is 1.51. The highest BCUT2D eigenvalue weighted by atomic mass is 16.5. The summed E-state index contributed by atoms with van der Waals surface area (Å²) in [5.74, 6) is 1.38. The summed E-state index contributed by atoms with van der Waals surface area (Å²) in [7, 11) is 1.61. The summed E-state index contributed by atoms with van der Waals surface area (Å²) in [5, 5.41) is 16.9. The second kappa shape index (κ2) is 7.40. The monoisotopic (exact) mass is 397 g/mol. The van der Waals surface area contributed by atoms with Crippen LogP contribution in [0, 0.1) is 0 Å². The third kappa shape index (κ3) is 3.18. The standard InChI is InChI=1S/C22H19N7O/c1-14(25-18-10-11-23-19-12-16(30-2)13-24-21(18)19)22-27-26-20-9-8-17(28-29(20)22)15-6-4-3-5-7-15/h3-14H,1-2H3,(H,23,25)/t14-/m0/s1. The maximum absolute atomic E-state index is 5.25. The van der Waals surface area contributed by atoms with E-state index in [1.165, 1.54) is 0 Å². The van der Waals surface area contributed by atoms with Crippen LogP contribution in [0.1, 0.15) is 18.8 Å². The number of hydrogen-bond acceptors (Lipinski definition) is 7. The van der Waals surface area contributed by atoms with Gasteiger partial charge < -0.3 is 10.1 Å². The molecule has 0 spiro atoms. The number of pyridine rings is 2. The number of aromatic nitrogens is 6. The van der Waals surface area contributed by atoms with Gasteiger partial charge in [0.1, 0.15) is 11.3 Å². The normalized spacial score (nSPS) is 12.2. The molecule has 0 saturated heterocycles. The van der Waals surface area contributed by atoms with Gasteiger partial charge in [0.2, 0.25) is 0 Å². The first-order valence-electron chi connectivity index (χ1n) is 9.56. The Morgan fingerprint density at radius 2 is 1.87 bits per heavy atom. The van der Waals surface area contributed by atoms with Crippen LogP contribution in [-0.2, 0) is 0 Å². The Kier molecular flexibility index (Phi) is 4.44. The molecular formula is C22H19N7O. The predicted octanol–water partition coefficient (Wildman–Crippen LogP) is 3.92. The Hall–Kier alpha value is -4.07. The van der Waals surface area contributed by atoms with E-state index in [0.29, 0.717) is 17.2 Å². The summed E-state index contributed by atoms with van der Waals surface area (Å²) < 4.78 is 7.02. The lowest BCUT2D eigenvalue weighted by Crippen LogP contribution is -2.12. The largest absolute Gasteiger partial charge is 0.495 e. The van der Waals surface area contributed by atoms with Gasteiger partial charge in [-0.1, -0.05) is 30.3 Å². The number of nitrogens with one attached hydrogen (secondary N) is 1. The molecule has 0 unspecified atom stereocenters. The highest BCUT2D eigenvalue weighted by Crippen LogP contribution is 2.26. The SMILES string of the molecule is COc1cnc2c(N[C@@H](C)c3nnc4ccc(-c5ccccc5)nn34)ccnc2c1. The lowest BCUT2D eigenvalue weighted by Gasteiger charge is -2.15. The van der Waals surface area contributed by atoms with Gasteiger partial charge in [0.15, 0.2) is 11.5 Å². The quantitative estimate of drug-likeness (QED) is 0.481. The van der Waals surface area contributed by atoms with Gasteiger partial charge >= 0.3 is 0 Å². The fourth-order valence-electron chi connectivity index (χ4n) is 3.38. The molecule has 1 atom stereocenters. The van der Waals surface area contributed by atoms with Crippen LogP contribution < -0.4 is 10.1 Å². The summed E-state index contributed by atoms with van der Waals surface area (Å²) >= 11 is 0. The second-order valence-corrected chi connectivity index (χ2v) is 6.88. The summed E-state index contributed by atoms with van der Waals surface area (Å²) in [6.45, 7) is 2.02. The molecule has 0 amide bonds. The van der Waals surface area contributed by atoms with Gasteiger partial charge in [-0.25, -0.2) is 4.98 Å². The van der Waals surface area contributed by atoms with Crippen LogP contribution >= 0.6 is 0 Å². The first kappa shape index (κ1) is 18.0. The van der Waals surface area contributed by atoms with E-state index >= 15 is 0 Å². The molecule has 1 N–H and O–H groups in total. The Morgan fingerprint density at radius 1 is 1.00 bits per heavy atom. The lowest BCUT2D eigenvalue weighted by atomic mass is 10.1. The Bertz CT molecular complexity index is 1330. The summed E-state index contributed by atoms with van der Waals surface area (Å²) in [6.07, 6.45) is 3.42. The molecule has 8 heteroatoms. The summed E-state index contributed by atoms with van der Waals surface area (Å²) in [6, 6.07) is 17.5. The van der Waals surface area contributed by atoms with Crippen molar-refractivity contribution in [3.05, 3.63) is 72.8 Å². The van der Waals surface area contributed by atoms with E-state index in [4.69, 9.17) is 9.84 Å². The number of ether oxygens (including phenoxy) is 1. The topological polar surface area (TPSA) is 90.1 Å². The van der Waals surface area contributed by atoms with E-state index in [0.717, 1.165) is 28.0 Å². The van der Waals surface area contributed by atoms with Crippen molar-refractivity contribution in [1.82, 2.24) is 29.8 Å². The highest BCUT2D eigenvalue weighted by molar-refractivity contribution is 5.87. The van der Waals surface area contributed by atoms with E-state index in [1.807, 2.05) is 61.5 Å². The van der Waals surface area contributed by atoms with Crippen LogP contribution in [0.15, 0.2) is 67.0 Å². The van der Waals surface area contributed by atoms with E-state index in [9.17, 15) is 0 Å². The van der Waals surface area contributed by atoms with Gasteiger partial charge in [-0.15, -0.1) is 10.2 Å². The van der Waals surface area contributed by atoms with Gasteiger partial charge in [-0.3, -0.25) is 4.98 Å². The average Bonchev–Trinajstić information content (AvgIpc) is 3.23. The van der Waals surface area contributed by atoms with Crippen LogP contribution in [-0.4, -0.2) is 36.9 Å². The third-order valence-corrected chi connectivity index (χ3v) is 4.90. The molecule has 0 aliphatic heterocycles. The molecule has 5 rings (SSSR count). The van der Waals surface area contributed by atoms with Crippen LogP contribution in [0.4, 0.5) is 5.69 Å². The number of fused-ring (bicyclic) bond motifs is 2. The van der Waals surface area contributed by atoms with Crippen LogP contribution in [0.2, 0.25) is 0 Å². The van der Waals surface area contributed by atoms with Gasteiger partial charge in [-0.05, 0) is 25.1 Å². The fourth-order valence-corrected chi connectivity index (χ4v) is 3.38. The Morgan fingerprint density at radius 3 is 2.70 bits per heavy atom. The molecule has 5 aromatic rings. The summed E-state index contributed by atoms with van der Waals surface area (Å²) in [4.78, 5) is 8.88. The minimum absolute atomic E-state index is 0.159. The Labute approximate surface area is 172 Å². The fraction of sp³-hybridized carbons (Fsp3) is 0.136. The van der Waals surface area contributed by atoms with Crippen molar-refractivity contribution in [1.29, 1.82) is 0 Å². The number of hydrogen-bond donors (Lipinski definition) is 1. The number of anilines is 1. The molecule has 148 valence electrons. The highest BCUT2D eigenvalue weighted by Gasteiger charge is 2.17. The summed E-state index contributed by atoms with van der Waals surface area (Å²) in [5.41, 5.74) is 4.96. The average molecular weight is 397 g/mol. The first-order valence-corrected chi connectivity index (χ1v) is 9.56. The van der Waals surface area contributed by atoms with Crippen molar-refractivity contribution in [3.63, 3.8) is 0 Å². The van der Waals surface area contributed by atoms with Crippen LogP contribution in [0.5, 0.6) is 5.75 Å². The molecule has 0 radical (unpaired) electrons. The predicted molar refractivity (Wildman–Crippen MR) is 114 cm³/mol. The molecule has 30 heavy (non-hydrogen) atoms. The number of benzene rings is 1. The van der Waals surface area contributed by atoms with Crippen LogP contribution in [0.25, 0.3) is 27.9 Å². The molecule has 0 fully saturated rings. The van der Waals surface area contributed by atoms with E-state index in [-0.39, 0.29) is 6.04 Å². The van der Waals surface area contributed by atoms with Gasteiger partial charge in [0, 0.05) is 17.8 Å². The number of methoxy groups -OCH3 is 1. The minimum Gasteiger partial charge on any atom is -0.495 e. The lowest BCUT2D eigenvalue weighted by molar-refractivity contribution is 0.413. The van der Waals surface area contributed by atoms with E-state index in [2.05, 4.69) is 25.5 Å². The van der Waals surface area contributed by atoms with Crippen molar-refractivity contribution in [3.8, 4) is 17.0 Å². The molecular weight excluding hydrogens is 378 g/mol. The van der Waals surface area contributed by atoms with E-state index in [1.54, 1.807) is 24.0 Å². The first-order chi connectivity index (χ1) is 14.7. The van der Waals surface area contributed by atoms with Crippen LogP contribution in [0.3, 0.4) is 0 Å². The zero-order valence-corrected chi connectivity index (χ0v) is 16.5. The molecule has 4 aromatic heterocycles. The number of nitrogens with zero attached hydrogens (tertiary/aromatic N) is 6. The maximum atomic E-state index is 5.25. The number of rotatable bonds is 5. The van der Waals surface area contributed by atoms with Crippen molar-refractivity contribution in [2.45, 2.75) is 13.0 Å². The molecule has 0 saturated carbocycles.